The fourth-order valence-corrected chi connectivity index (χ4v) is 3.04. The molecule has 3 aromatic rings. The summed E-state index contributed by atoms with van der Waals surface area (Å²) in [5, 5.41) is 6.54. The van der Waals surface area contributed by atoms with Crippen molar-refractivity contribution in [3.05, 3.63) is 95.6 Å². The van der Waals surface area contributed by atoms with Crippen LogP contribution in [0.4, 0.5) is 11.4 Å². The lowest BCUT2D eigenvalue weighted by atomic mass is 10.0. The Bertz CT molecular complexity index is 890. The molecule has 3 aromatic carbocycles. The SMILES string of the molecule is Cc1ccc(C(=S)Nc2ccccc2)cc1C(=S)Nc1ccccc1. The number of rotatable bonds is 4. The van der Waals surface area contributed by atoms with Crippen molar-refractivity contribution in [3.63, 3.8) is 0 Å². The van der Waals surface area contributed by atoms with Crippen LogP contribution in [0.1, 0.15) is 16.7 Å². The fraction of sp³-hybridized carbons (Fsp3) is 0.0476. The zero-order valence-electron chi connectivity index (χ0n) is 13.8. The number of aryl methyl sites for hydroxylation is 1. The van der Waals surface area contributed by atoms with E-state index < -0.39 is 0 Å². The smallest absolute Gasteiger partial charge is 0.111 e. The van der Waals surface area contributed by atoms with Crippen LogP contribution in [-0.4, -0.2) is 9.98 Å². The van der Waals surface area contributed by atoms with Crippen LogP contribution in [0.2, 0.25) is 0 Å². The molecule has 0 aromatic heterocycles. The van der Waals surface area contributed by atoms with Gasteiger partial charge in [0.25, 0.3) is 0 Å². The number of benzene rings is 3. The Hall–Kier alpha value is -2.56. The van der Waals surface area contributed by atoms with Crippen molar-refractivity contribution < 1.29 is 0 Å². The van der Waals surface area contributed by atoms with E-state index in [9.17, 15) is 0 Å². The van der Waals surface area contributed by atoms with E-state index in [0.717, 1.165) is 28.1 Å². The Morgan fingerprint density at radius 3 is 1.76 bits per heavy atom. The summed E-state index contributed by atoms with van der Waals surface area (Å²) in [5.41, 5.74) is 4.98. The Morgan fingerprint density at radius 2 is 1.20 bits per heavy atom. The first-order chi connectivity index (χ1) is 12.1. The van der Waals surface area contributed by atoms with Gasteiger partial charge in [0.2, 0.25) is 0 Å². The second kappa shape index (κ2) is 8.01. The van der Waals surface area contributed by atoms with Crippen LogP contribution in [0.15, 0.2) is 78.9 Å². The first-order valence-corrected chi connectivity index (χ1v) is 8.78. The second-order valence-electron chi connectivity index (χ2n) is 5.67. The molecule has 0 amide bonds. The molecular weight excluding hydrogens is 344 g/mol. The number of anilines is 2. The van der Waals surface area contributed by atoms with Crippen molar-refractivity contribution >= 4 is 45.8 Å². The third-order valence-corrected chi connectivity index (χ3v) is 4.47. The highest BCUT2D eigenvalue weighted by molar-refractivity contribution is 7.81. The molecule has 0 saturated heterocycles. The minimum atomic E-state index is 0.676. The van der Waals surface area contributed by atoms with E-state index in [0.29, 0.717) is 9.98 Å². The summed E-state index contributed by atoms with van der Waals surface area (Å²) in [5.74, 6) is 0. The number of para-hydroxylation sites is 2. The van der Waals surface area contributed by atoms with Gasteiger partial charge in [0.1, 0.15) is 9.98 Å². The van der Waals surface area contributed by atoms with Crippen LogP contribution >= 0.6 is 24.4 Å². The average Bonchev–Trinajstić information content (AvgIpc) is 2.63. The summed E-state index contributed by atoms with van der Waals surface area (Å²) < 4.78 is 0. The van der Waals surface area contributed by atoms with E-state index in [1.54, 1.807) is 0 Å². The molecular formula is C21H18N2S2. The Morgan fingerprint density at radius 1 is 0.680 bits per heavy atom. The predicted molar refractivity (Wildman–Crippen MR) is 115 cm³/mol. The van der Waals surface area contributed by atoms with Gasteiger partial charge in [0.15, 0.2) is 0 Å². The van der Waals surface area contributed by atoms with Gasteiger partial charge in [-0.3, -0.25) is 0 Å². The Kier molecular flexibility index (Phi) is 5.53. The van der Waals surface area contributed by atoms with Crippen molar-refractivity contribution in [2.24, 2.45) is 0 Å². The van der Waals surface area contributed by atoms with E-state index in [-0.39, 0.29) is 0 Å². The highest BCUT2D eigenvalue weighted by Gasteiger charge is 2.09. The van der Waals surface area contributed by atoms with Gasteiger partial charge in [0.05, 0.1) is 0 Å². The van der Waals surface area contributed by atoms with E-state index in [4.69, 9.17) is 24.4 Å². The first kappa shape index (κ1) is 17.3. The third kappa shape index (κ3) is 4.50. The van der Waals surface area contributed by atoms with Gasteiger partial charge in [-0.15, -0.1) is 0 Å². The molecule has 4 heteroatoms. The summed E-state index contributed by atoms with van der Waals surface area (Å²) in [4.78, 5) is 1.36. The number of nitrogens with one attached hydrogen (secondary N) is 2. The minimum absolute atomic E-state index is 0.676. The van der Waals surface area contributed by atoms with Crippen molar-refractivity contribution in [1.82, 2.24) is 0 Å². The average molecular weight is 363 g/mol. The zero-order chi connectivity index (χ0) is 17.6. The summed E-state index contributed by atoms with van der Waals surface area (Å²) in [6.45, 7) is 2.05. The first-order valence-electron chi connectivity index (χ1n) is 7.97. The second-order valence-corrected chi connectivity index (χ2v) is 6.49. The number of hydrogen-bond acceptors (Lipinski definition) is 2. The lowest BCUT2D eigenvalue weighted by molar-refractivity contribution is 1.43. The van der Waals surface area contributed by atoms with Gasteiger partial charge in [-0.05, 0) is 42.8 Å². The third-order valence-electron chi connectivity index (χ3n) is 3.81. The molecule has 0 aliphatic rings. The van der Waals surface area contributed by atoms with Crippen LogP contribution < -0.4 is 10.6 Å². The predicted octanol–water partition coefficient (Wildman–Crippen LogP) is 5.57. The van der Waals surface area contributed by atoms with Crippen molar-refractivity contribution in [2.75, 3.05) is 10.6 Å². The molecule has 0 aliphatic heterocycles. The molecule has 0 fully saturated rings. The minimum Gasteiger partial charge on any atom is -0.346 e. The van der Waals surface area contributed by atoms with Gasteiger partial charge in [-0.1, -0.05) is 73.0 Å². The molecule has 0 radical (unpaired) electrons. The van der Waals surface area contributed by atoms with E-state index in [1.807, 2.05) is 85.8 Å². The van der Waals surface area contributed by atoms with Crippen LogP contribution in [-0.2, 0) is 0 Å². The number of thiocarbonyl (C=S) groups is 2. The summed E-state index contributed by atoms with van der Waals surface area (Å²) in [7, 11) is 0. The molecule has 0 unspecified atom stereocenters. The van der Waals surface area contributed by atoms with Crippen molar-refractivity contribution in [1.29, 1.82) is 0 Å². The van der Waals surface area contributed by atoms with E-state index in [2.05, 4.69) is 10.6 Å². The van der Waals surface area contributed by atoms with Crippen LogP contribution in [0, 0.1) is 6.92 Å². The van der Waals surface area contributed by atoms with Crippen LogP contribution in [0.3, 0.4) is 0 Å². The van der Waals surface area contributed by atoms with Crippen molar-refractivity contribution in [3.8, 4) is 0 Å². The van der Waals surface area contributed by atoms with Gasteiger partial charge >= 0.3 is 0 Å². The van der Waals surface area contributed by atoms with Gasteiger partial charge in [0, 0.05) is 22.5 Å². The molecule has 2 N–H and O–H groups in total. The molecule has 25 heavy (non-hydrogen) atoms. The Labute approximate surface area is 158 Å². The molecule has 2 nitrogen and oxygen atoms in total. The summed E-state index contributed by atoms with van der Waals surface area (Å²) >= 11 is 11.1. The Balaban J connectivity index is 1.80. The van der Waals surface area contributed by atoms with Crippen LogP contribution in [0.25, 0.3) is 0 Å². The maximum absolute atomic E-state index is 5.59. The maximum atomic E-state index is 5.59. The van der Waals surface area contributed by atoms with E-state index in [1.165, 1.54) is 0 Å². The quantitative estimate of drug-likeness (QED) is 0.593. The van der Waals surface area contributed by atoms with Crippen LogP contribution in [0.5, 0.6) is 0 Å². The molecule has 0 heterocycles. The largest absolute Gasteiger partial charge is 0.346 e. The van der Waals surface area contributed by atoms with Crippen molar-refractivity contribution in [2.45, 2.75) is 6.92 Å². The summed E-state index contributed by atoms with van der Waals surface area (Å²) in [6, 6.07) is 25.9. The highest BCUT2D eigenvalue weighted by Crippen LogP contribution is 2.17. The molecule has 0 atom stereocenters. The number of hydrogen-bond donors (Lipinski definition) is 2. The normalized spacial score (nSPS) is 10.1. The fourth-order valence-electron chi connectivity index (χ4n) is 2.45. The summed E-state index contributed by atoms with van der Waals surface area (Å²) in [6.07, 6.45) is 0. The van der Waals surface area contributed by atoms with Gasteiger partial charge in [-0.2, -0.15) is 0 Å². The molecule has 0 bridgehead atoms. The lowest BCUT2D eigenvalue weighted by Gasteiger charge is -2.14. The van der Waals surface area contributed by atoms with E-state index >= 15 is 0 Å². The highest BCUT2D eigenvalue weighted by atomic mass is 32.1. The van der Waals surface area contributed by atoms with Gasteiger partial charge < -0.3 is 10.6 Å². The topological polar surface area (TPSA) is 24.1 Å². The standard InChI is InChI=1S/C21H18N2S2/c1-15-12-13-16(20(24)22-17-8-4-2-5-9-17)14-19(15)21(25)23-18-10-6-3-7-11-18/h2-14H,1H3,(H,22,24)(H,23,25). The molecule has 124 valence electrons. The maximum Gasteiger partial charge on any atom is 0.111 e. The zero-order valence-corrected chi connectivity index (χ0v) is 15.5. The molecule has 0 saturated carbocycles. The molecule has 0 aliphatic carbocycles. The molecule has 3 rings (SSSR count). The molecule has 0 spiro atoms. The lowest BCUT2D eigenvalue weighted by Crippen LogP contribution is -2.15. The monoisotopic (exact) mass is 362 g/mol. The van der Waals surface area contributed by atoms with Gasteiger partial charge in [-0.25, -0.2) is 0 Å².